The quantitative estimate of drug-likeness (QED) is 0.405. The molecule has 2 aromatic heterocycles. The van der Waals surface area contributed by atoms with E-state index in [9.17, 15) is 5.11 Å². The lowest BCUT2D eigenvalue weighted by molar-refractivity contribution is 0.208. The van der Waals surface area contributed by atoms with Crippen LogP contribution in [0, 0.1) is 0 Å². The number of aromatic nitrogens is 4. The van der Waals surface area contributed by atoms with Crippen molar-refractivity contribution in [3.63, 3.8) is 0 Å². The number of methoxy groups -OCH3 is 1. The van der Waals surface area contributed by atoms with Crippen molar-refractivity contribution in [1.29, 1.82) is 0 Å². The minimum Gasteiger partial charge on any atom is -0.495 e. The highest BCUT2D eigenvalue weighted by molar-refractivity contribution is 5.84. The van der Waals surface area contributed by atoms with E-state index in [1.165, 1.54) is 19.3 Å². The van der Waals surface area contributed by atoms with E-state index in [1.54, 1.807) is 14.0 Å². The Kier molecular flexibility index (Phi) is 6.41. The van der Waals surface area contributed by atoms with Crippen molar-refractivity contribution in [2.45, 2.75) is 57.7 Å². The van der Waals surface area contributed by atoms with Crippen LogP contribution >= 0.6 is 0 Å². The van der Waals surface area contributed by atoms with Crippen LogP contribution in [0.5, 0.6) is 5.75 Å². The van der Waals surface area contributed by atoms with E-state index in [4.69, 9.17) is 15.5 Å². The van der Waals surface area contributed by atoms with Crippen LogP contribution < -0.4 is 21.1 Å². The number of ether oxygens (including phenoxy) is 1. The first-order chi connectivity index (χ1) is 15.1. The Morgan fingerprint density at radius 1 is 1.23 bits per heavy atom. The zero-order chi connectivity index (χ0) is 21.8. The second-order valence-corrected chi connectivity index (χ2v) is 8.13. The summed E-state index contributed by atoms with van der Waals surface area (Å²) in [5, 5.41) is 16.2. The number of benzene rings is 1. The second-order valence-electron chi connectivity index (χ2n) is 8.13. The van der Waals surface area contributed by atoms with Gasteiger partial charge in [0.1, 0.15) is 5.75 Å². The highest BCUT2D eigenvalue weighted by Gasteiger charge is 2.21. The van der Waals surface area contributed by atoms with E-state index in [0.717, 1.165) is 29.6 Å². The molecule has 0 radical (unpaired) electrons. The predicted octanol–water partition coefficient (Wildman–Crippen LogP) is 3.33. The van der Waals surface area contributed by atoms with Gasteiger partial charge < -0.3 is 30.8 Å². The van der Waals surface area contributed by atoms with Crippen LogP contribution in [0.25, 0.3) is 11.2 Å². The number of anilines is 3. The van der Waals surface area contributed by atoms with Crippen molar-refractivity contribution in [2.24, 2.45) is 0 Å². The van der Waals surface area contributed by atoms with Crippen LogP contribution in [-0.2, 0) is 6.54 Å². The van der Waals surface area contributed by atoms with E-state index in [-0.39, 0.29) is 0 Å². The maximum absolute atomic E-state index is 9.67. The molecule has 2 heterocycles. The zero-order valence-corrected chi connectivity index (χ0v) is 18.1. The lowest BCUT2D eigenvalue weighted by atomic mass is 9.95. The first-order valence-corrected chi connectivity index (χ1v) is 10.9. The molecular weight excluding hydrogens is 394 g/mol. The molecule has 0 bridgehead atoms. The number of para-hydroxylation sites is 1. The lowest BCUT2D eigenvalue weighted by Gasteiger charge is -2.23. The van der Waals surface area contributed by atoms with Gasteiger partial charge in [0, 0.05) is 19.1 Å². The summed E-state index contributed by atoms with van der Waals surface area (Å²) in [6.45, 7) is 2.56. The van der Waals surface area contributed by atoms with E-state index in [0.29, 0.717) is 42.3 Å². The third-order valence-electron chi connectivity index (χ3n) is 5.77. The van der Waals surface area contributed by atoms with Crippen molar-refractivity contribution in [1.82, 2.24) is 19.5 Å². The van der Waals surface area contributed by atoms with Gasteiger partial charge in [-0.2, -0.15) is 9.97 Å². The summed E-state index contributed by atoms with van der Waals surface area (Å²) in [4.78, 5) is 14.0. The number of hydrogen-bond donors (Lipinski definition) is 4. The molecule has 166 valence electrons. The number of aliphatic hydroxyl groups is 1. The number of nitrogens with zero attached hydrogens (tertiary/aromatic N) is 4. The molecule has 0 aliphatic heterocycles. The highest BCUT2D eigenvalue weighted by atomic mass is 16.5. The third-order valence-corrected chi connectivity index (χ3v) is 5.77. The lowest BCUT2D eigenvalue weighted by Crippen LogP contribution is -2.18. The number of imidazole rings is 1. The smallest absolute Gasteiger partial charge is 0.226 e. The molecule has 1 fully saturated rings. The fourth-order valence-electron chi connectivity index (χ4n) is 4.08. The van der Waals surface area contributed by atoms with Crippen molar-refractivity contribution < 1.29 is 9.84 Å². The summed E-state index contributed by atoms with van der Waals surface area (Å²) in [6.07, 6.45) is 7.37. The number of hydrogen-bond acceptors (Lipinski definition) is 8. The zero-order valence-electron chi connectivity index (χ0n) is 18.1. The van der Waals surface area contributed by atoms with Gasteiger partial charge in [0.15, 0.2) is 17.0 Å². The molecule has 0 spiro atoms. The van der Waals surface area contributed by atoms with Gasteiger partial charge in [0.2, 0.25) is 5.95 Å². The Bertz CT molecular complexity index is 1030. The fraction of sp³-hybridized carbons (Fsp3) is 0.500. The normalized spacial score (nSPS) is 15.7. The summed E-state index contributed by atoms with van der Waals surface area (Å²) in [7, 11) is 1.61. The molecular formula is C22H31N7O2. The Morgan fingerprint density at radius 3 is 2.77 bits per heavy atom. The molecule has 1 aliphatic rings. The monoisotopic (exact) mass is 425 g/mol. The van der Waals surface area contributed by atoms with Crippen LogP contribution in [0.1, 0.15) is 50.6 Å². The second kappa shape index (κ2) is 9.38. The SMILES string of the molecule is COc1cccc(CNc2nc(NCC(C)O)nc3c2ncn3C2CCCCC2)c1N. The molecule has 0 saturated heterocycles. The topological polar surface area (TPSA) is 123 Å². The summed E-state index contributed by atoms with van der Waals surface area (Å²) in [6, 6.07) is 6.11. The molecule has 1 saturated carbocycles. The molecule has 0 amide bonds. The van der Waals surface area contributed by atoms with Crippen molar-refractivity contribution in [3.05, 3.63) is 30.1 Å². The van der Waals surface area contributed by atoms with Gasteiger partial charge in [0.25, 0.3) is 0 Å². The minimum absolute atomic E-state index is 0.366. The number of nitrogen functional groups attached to an aromatic ring is 1. The van der Waals surface area contributed by atoms with Gasteiger partial charge in [0.05, 0.1) is 25.2 Å². The number of fused-ring (bicyclic) bond motifs is 1. The largest absolute Gasteiger partial charge is 0.495 e. The van der Waals surface area contributed by atoms with Crippen LogP contribution in [0.3, 0.4) is 0 Å². The van der Waals surface area contributed by atoms with Crippen LogP contribution in [0.15, 0.2) is 24.5 Å². The van der Waals surface area contributed by atoms with Gasteiger partial charge in [-0.25, -0.2) is 4.98 Å². The standard InChI is InChI=1S/C22H31N7O2/c1-14(30)11-25-22-27-20(24-12-15-7-6-10-17(31-2)18(15)23)19-21(28-22)29(13-26-19)16-8-4-3-5-9-16/h6-7,10,13-14,16,30H,3-5,8-9,11-12,23H2,1-2H3,(H2,24,25,27,28). The first-order valence-electron chi connectivity index (χ1n) is 10.9. The maximum Gasteiger partial charge on any atom is 0.226 e. The fourth-order valence-corrected chi connectivity index (χ4v) is 4.08. The van der Waals surface area contributed by atoms with E-state index >= 15 is 0 Å². The van der Waals surface area contributed by atoms with E-state index < -0.39 is 6.10 Å². The van der Waals surface area contributed by atoms with E-state index in [1.807, 2.05) is 24.5 Å². The summed E-state index contributed by atoms with van der Waals surface area (Å²) < 4.78 is 7.50. The molecule has 4 rings (SSSR count). The third kappa shape index (κ3) is 4.66. The maximum atomic E-state index is 9.67. The van der Waals surface area contributed by atoms with Gasteiger partial charge in [-0.1, -0.05) is 31.4 Å². The van der Waals surface area contributed by atoms with Crippen molar-refractivity contribution >= 4 is 28.6 Å². The minimum atomic E-state index is -0.504. The van der Waals surface area contributed by atoms with Crippen LogP contribution in [0.4, 0.5) is 17.5 Å². The molecule has 1 aliphatic carbocycles. The van der Waals surface area contributed by atoms with Gasteiger partial charge in [-0.3, -0.25) is 0 Å². The number of aliphatic hydroxyl groups excluding tert-OH is 1. The predicted molar refractivity (Wildman–Crippen MR) is 122 cm³/mol. The molecule has 1 atom stereocenters. The Hall–Kier alpha value is -3.07. The summed E-state index contributed by atoms with van der Waals surface area (Å²) in [5.41, 5.74) is 9.27. The first kappa shape index (κ1) is 21.2. The Balaban J connectivity index is 1.66. The molecule has 9 nitrogen and oxygen atoms in total. The molecule has 5 N–H and O–H groups in total. The number of rotatable bonds is 8. The van der Waals surface area contributed by atoms with Gasteiger partial charge in [-0.05, 0) is 31.4 Å². The molecule has 3 aromatic rings. The van der Waals surface area contributed by atoms with E-state index in [2.05, 4.69) is 25.2 Å². The summed E-state index contributed by atoms with van der Waals surface area (Å²) >= 11 is 0. The van der Waals surface area contributed by atoms with Gasteiger partial charge in [-0.15, -0.1) is 0 Å². The average molecular weight is 426 g/mol. The van der Waals surface area contributed by atoms with Crippen LogP contribution in [-0.4, -0.2) is 44.4 Å². The Labute approximate surface area is 182 Å². The van der Waals surface area contributed by atoms with Crippen molar-refractivity contribution in [2.75, 3.05) is 30.0 Å². The molecule has 1 aromatic carbocycles. The molecule has 1 unspecified atom stereocenters. The molecule has 31 heavy (non-hydrogen) atoms. The summed E-state index contributed by atoms with van der Waals surface area (Å²) in [5.74, 6) is 1.75. The number of nitrogens with one attached hydrogen (secondary N) is 2. The Morgan fingerprint density at radius 2 is 2.03 bits per heavy atom. The van der Waals surface area contributed by atoms with Crippen molar-refractivity contribution in [3.8, 4) is 5.75 Å². The van der Waals surface area contributed by atoms with Crippen LogP contribution in [0.2, 0.25) is 0 Å². The number of nitrogens with two attached hydrogens (primary N) is 1. The van der Waals surface area contributed by atoms with Gasteiger partial charge >= 0.3 is 0 Å². The highest BCUT2D eigenvalue weighted by Crippen LogP contribution is 2.32. The molecule has 9 heteroatoms. The average Bonchev–Trinajstić information content (AvgIpc) is 3.21.